The number of carbonyl (C=O) groups excluding carboxylic acids is 1. The standard InChI is InChI=1S/C17H13ClN4O3/c18-11-3-1-10(2-4-11)8-20-16(24)12-7-14(21-22-17(12)25)13-9-19-6-5-15(13)23/h1-7,9H,8H2,(H,19,23)(H,20,24)(H,22,25). The van der Waals surface area contributed by atoms with Gasteiger partial charge in [0.15, 0.2) is 5.43 Å². The van der Waals surface area contributed by atoms with E-state index in [1.165, 1.54) is 24.5 Å². The zero-order valence-electron chi connectivity index (χ0n) is 12.9. The monoisotopic (exact) mass is 356 g/mol. The molecule has 1 amide bonds. The maximum Gasteiger partial charge on any atom is 0.277 e. The summed E-state index contributed by atoms with van der Waals surface area (Å²) in [6.45, 7) is 0.235. The van der Waals surface area contributed by atoms with E-state index in [-0.39, 0.29) is 28.8 Å². The van der Waals surface area contributed by atoms with Crippen LogP contribution in [-0.4, -0.2) is 21.1 Å². The molecule has 3 rings (SSSR count). The van der Waals surface area contributed by atoms with Crippen molar-refractivity contribution >= 4 is 17.5 Å². The maximum absolute atomic E-state index is 12.3. The zero-order valence-corrected chi connectivity index (χ0v) is 13.6. The Kier molecular flexibility index (Phi) is 4.76. The van der Waals surface area contributed by atoms with Crippen LogP contribution in [0.5, 0.6) is 0 Å². The van der Waals surface area contributed by atoms with E-state index in [4.69, 9.17) is 11.6 Å². The Labute approximate surface area is 146 Å². The van der Waals surface area contributed by atoms with Gasteiger partial charge in [0.2, 0.25) is 0 Å². The van der Waals surface area contributed by atoms with Crippen LogP contribution in [0.2, 0.25) is 5.02 Å². The number of carbonyl (C=O) groups is 1. The number of pyridine rings is 1. The van der Waals surface area contributed by atoms with E-state index >= 15 is 0 Å². The van der Waals surface area contributed by atoms with Crippen LogP contribution >= 0.6 is 11.6 Å². The number of halogens is 1. The first kappa shape index (κ1) is 16.7. The Bertz CT molecular complexity index is 1020. The van der Waals surface area contributed by atoms with E-state index < -0.39 is 11.5 Å². The molecule has 7 nitrogen and oxygen atoms in total. The van der Waals surface area contributed by atoms with Crippen LogP contribution < -0.4 is 16.3 Å². The van der Waals surface area contributed by atoms with Crippen molar-refractivity contribution in [3.8, 4) is 11.3 Å². The zero-order chi connectivity index (χ0) is 17.8. The van der Waals surface area contributed by atoms with Crippen LogP contribution in [0.3, 0.4) is 0 Å². The number of nitrogens with one attached hydrogen (secondary N) is 3. The van der Waals surface area contributed by atoms with Gasteiger partial charge in [0, 0.05) is 30.0 Å². The number of benzene rings is 1. The van der Waals surface area contributed by atoms with Crippen molar-refractivity contribution in [1.82, 2.24) is 20.5 Å². The van der Waals surface area contributed by atoms with Crippen molar-refractivity contribution in [2.75, 3.05) is 0 Å². The molecule has 0 saturated heterocycles. The molecule has 8 heteroatoms. The summed E-state index contributed by atoms with van der Waals surface area (Å²) in [5.41, 5.74) is 0.268. The van der Waals surface area contributed by atoms with E-state index in [0.29, 0.717) is 5.02 Å². The first-order valence-electron chi connectivity index (χ1n) is 7.34. The molecule has 0 atom stereocenters. The normalized spacial score (nSPS) is 10.4. The molecular formula is C17H13ClN4O3. The molecule has 0 fully saturated rings. The van der Waals surface area contributed by atoms with Gasteiger partial charge in [-0.25, -0.2) is 5.10 Å². The Morgan fingerprint density at radius 2 is 1.92 bits per heavy atom. The van der Waals surface area contributed by atoms with Crippen molar-refractivity contribution < 1.29 is 4.79 Å². The van der Waals surface area contributed by atoms with Crippen LogP contribution in [0.25, 0.3) is 11.3 Å². The lowest BCUT2D eigenvalue weighted by atomic mass is 10.1. The molecular weight excluding hydrogens is 344 g/mol. The highest BCUT2D eigenvalue weighted by molar-refractivity contribution is 6.30. The summed E-state index contributed by atoms with van der Waals surface area (Å²) in [6, 6.07) is 9.59. The number of aromatic nitrogens is 3. The van der Waals surface area contributed by atoms with Crippen molar-refractivity contribution in [3.63, 3.8) is 0 Å². The molecule has 2 aromatic heterocycles. The quantitative estimate of drug-likeness (QED) is 0.661. The molecule has 126 valence electrons. The molecule has 0 spiro atoms. The summed E-state index contributed by atoms with van der Waals surface area (Å²) >= 11 is 5.81. The third-order valence-electron chi connectivity index (χ3n) is 3.51. The van der Waals surface area contributed by atoms with Gasteiger partial charge in [0.05, 0.1) is 11.3 Å². The average Bonchev–Trinajstić information content (AvgIpc) is 2.62. The lowest BCUT2D eigenvalue weighted by molar-refractivity contribution is 0.0949. The molecule has 25 heavy (non-hydrogen) atoms. The fourth-order valence-electron chi connectivity index (χ4n) is 2.21. The molecule has 0 aliphatic rings. The second-order valence-corrected chi connectivity index (χ2v) is 5.66. The van der Waals surface area contributed by atoms with E-state index in [2.05, 4.69) is 20.5 Å². The number of hydrogen-bond acceptors (Lipinski definition) is 4. The van der Waals surface area contributed by atoms with Gasteiger partial charge in [-0.2, -0.15) is 5.10 Å². The Morgan fingerprint density at radius 3 is 2.64 bits per heavy atom. The molecule has 3 N–H and O–H groups in total. The molecule has 1 aromatic carbocycles. The fraction of sp³-hybridized carbons (Fsp3) is 0.0588. The van der Waals surface area contributed by atoms with Gasteiger partial charge in [-0.15, -0.1) is 0 Å². The SMILES string of the molecule is O=C(NCc1ccc(Cl)cc1)c1cc(-c2c[nH]ccc2=O)n[nH]c1=O. The van der Waals surface area contributed by atoms with Gasteiger partial charge >= 0.3 is 0 Å². The Morgan fingerprint density at radius 1 is 1.16 bits per heavy atom. The highest BCUT2D eigenvalue weighted by atomic mass is 35.5. The Hall–Kier alpha value is -3.19. The van der Waals surface area contributed by atoms with E-state index in [1.54, 1.807) is 24.3 Å². The van der Waals surface area contributed by atoms with Gasteiger partial charge in [-0.1, -0.05) is 23.7 Å². The highest BCUT2D eigenvalue weighted by Crippen LogP contribution is 2.11. The summed E-state index contributed by atoms with van der Waals surface area (Å²) in [5.74, 6) is -0.563. The van der Waals surface area contributed by atoms with Crippen molar-refractivity contribution in [1.29, 1.82) is 0 Å². The van der Waals surface area contributed by atoms with Crippen LogP contribution in [0.4, 0.5) is 0 Å². The van der Waals surface area contributed by atoms with E-state index in [9.17, 15) is 14.4 Å². The number of amides is 1. The average molecular weight is 357 g/mol. The van der Waals surface area contributed by atoms with E-state index in [0.717, 1.165) is 5.56 Å². The maximum atomic E-state index is 12.3. The molecule has 0 radical (unpaired) electrons. The molecule has 0 bridgehead atoms. The minimum absolute atomic E-state index is 0.123. The number of nitrogens with zero attached hydrogens (tertiary/aromatic N) is 1. The third kappa shape index (κ3) is 3.84. The first-order chi connectivity index (χ1) is 12.0. The van der Waals surface area contributed by atoms with Crippen LogP contribution in [0.15, 0.2) is 58.4 Å². The molecule has 2 heterocycles. The summed E-state index contributed by atoms with van der Waals surface area (Å²) in [6.07, 6.45) is 2.94. The summed E-state index contributed by atoms with van der Waals surface area (Å²) < 4.78 is 0. The van der Waals surface area contributed by atoms with Gasteiger partial charge in [-0.3, -0.25) is 14.4 Å². The lowest BCUT2D eigenvalue weighted by Gasteiger charge is -2.06. The minimum Gasteiger partial charge on any atom is -0.367 e. The van der Waals surface area contributed by atoms with Crippen LogP contribution in [0.1, 0.15) is 15.9 Å². The molecule has 0 aliphatic carbocycles. The molecule has 0 saturated carbocycles. The largest absolute Gasteiger partial charge is 0.367 e. The van der Waals surface area contributed by atoms with Crippen molar-refractivity contribution in [3.05, 3.63) is 85.5 Å². The number of rotatable bonds is 4. The van der Waals surface area contributed by atoms with Gasteiger partial charge in [0.1, 0.15) is 5.56 Å². The number of aromatic amines is 2. The second kappa shape index (κ2) is 7.14. The lowest BCUT2D eigenvalue weighted by Crippen LogP contribution is -2.30. The molecule has 3 aromatic rings. The van der Waals surface area contributed by atoms with Gasteiger partial charge < -0.3 is 10.3 Å². The molecule has 0 unspecified atom stereocenters. The fourth-order valence-corrected chi connectivity index (χ4v) is 2.33. The smallest absolute Gasteiger partial charge is 0.277 e. The Balaban J connectivity index is 1.84. The predicted octanol–water partition coefficient (Wildman–Crippen LogP) is 1.71. The highest BCUT2D eigenvalue weighted by Gasteiger charge is 2.14. The van der Waals surface area contributed by atoms with Crippen LogP contribution in [0, 0.1) is 0 Å². The van der Waals surface area contributed by atoms with Gasteiger partial charge in [-0.05, 0) is 23.8 Å². The summed E-state index contributed by atoms with van der Waals surface area (Å²) in [7, 11) is 0. The van der Waals surface area contributed by atoms with Crippen molar-refractivity contribution in [2.45, 2.75) is 6.54 Å². The van der Waals surface area contributed by atoms with Gasteiger partial charge in [0.25, 0.3) is 11.5 Å². The van der Waals surface area contributed by atoms with Crippen LogP contribution in [-0.2, 0) is 6.54 Å². The third-order valence-corrected chi connectivity index (χ3v) is 3.77. The topological polar surface area (TPSA) is 108 Å². The number of hydrogen-bond donors (Lipinski definition) is 3. The minimum atomic E-state index is -0.635. The van der Waals surface area contributed by atoms with E-state index in [1.807, 2.05) is 0 Å². The first-order valence-corrected chi connectivity index (χ1v) is 7.72. The van der Waals surface area contributed by atoms with Crippen molar-refractivity contribution in [2.24, 2.45) is 0 Å². The summed E-state index contributed by atoms with van der Waals surface area (Å²) in [4.78, 5) is 38.8. The molecule has 0 aliphatic heterocycles. The number of H-pyrrole nitrogens is 2. The second-order valence-electron chi connectivity index (χ2n) is 5.23. The predicted molar refractivity (Wildman–Crippen MR) is 93.5 cm³/mol. The summed E-state index contributed by atoms with van der Waals surface area (Å²) in [5, 5.41) is 9.32.